The maximum absolute atomic E-state index is 13.2. The van der Waals surface area contributed by atoms with E-state index in [-0.39, 0.29) is 17.1 Å². The summed E-state index contributed by atoms with van der Waals surface area (Å²) in [5.41, 5.74) is 0.642. The molecule has 4 rings (SSSR count). The molecule has 1 atom stereocenters. The van der Waals surface area contributed by atoms with Gasteiger partial charge in [0.25, 0.3) is 5.56 Å². The van der Waals surface area contributed by atoms with E-state index in [1.54, 1.807) is 61.5 Å². The second kappa shape index (κ2) is 8.83. The van der Waals surface area contributed by atoms with Gasteiger partial charge < -0.3 is 19.6 Å². The van der Waals surface area contributed by atoms with Gasteiger partial charge in [-0.1, -0.05) is 41.4 Å². The van der Waals surface area contributed by atoms with E-state index >= 15 is 0 Å². The van der Waals surface area contributed by atoms with E-state index < -0.39 is 12.1 Å². The van der Waals surface area contributed by atoms with Crippen molar-refractivity contribution < 1.29 is 9.21 Å². The number of halogens is 2. The maximum atomic E-state index is 13.2. The largest absolute Gasteiger partial charge is 0.467 e. The fourth-order valence-corrected chi connectivity index (χ4v) is 3.54. The Kier molecular flexibility index (Phi) is 5.97. The minimum atomic E-state index is -0.583. The predicted molar refractivity (Wildman–Crippen MR) is 121 cm³/mol. The van der Waals surface area contributed by atoms with Gasteiger partial charge in [-0.25, -0.2) is 9.78 Å². The van der Waals surface area contributed by atoms with Crippen LogP contribution in [0.4, 0.5) is 10.5 Å². The van der Waals surface area contributed by atoms with Gasteiger partial charge in [0, 0.05) is 0 Å². The SMILES string of the molecule is CC(c1nc2ccccc2c(=O)[nH]1)N(Cc1ccco1)C(=O)Nc1cccc(Cl)c1Cl. The van der Waals surface area contributed by atoms with Crippen molar-refractivity contribution in [2.24, 2.45) is 0 Å². The molecule has 4 aromatic rings. The quantitative estimate of drug-likeness (QED) is 0.407. The summed E-state index contributed by atoms with van der Waals surface area (Å²) in [5, 5.41) is 3.81. The predicted octanol–water partition coefficient (Wildman–Crippen LogP) is 5.62. The summed E-state index contributed by atoms with van der Waals surface area (Å²) in [7, 11) is 0. The summed E-state index contributed by atoms with van der Waals surface area (Å²) >= 11 is 12.3. The number of hydrogen-bond donors (Lipinski definition) is 2. The second-order valence-electron chi connectivity index (χ2n) is 6.88. The van der Waals surface area contributed by atoms with Gasteiger partial charge in [0.15, 0.2) is 0 Å². The van der Waals surface area contributed by atoms with E-state index in [0.29, 0.717) is 33.2 Å². The molecular formula is C22H18Cl2N4O3. The summed E-state index contributed by atoms with van der Waals surface area (Å²) in [4.78, 5) is 34.6. The Labute approximate surface area is 187 Å². The summed E-state index contributed by atoms with van der Waals surface area (Å²) in [6, 6.07) is 14.5. The lowest BCUT2D eigenvalue weighted by Gasteiger charge is -2.28. The molecule has 1 unspecified atom stereocenters. The van der Waals surface area contributed by atoms with Crippen molar-refractivity contribution in [3.8, 4) is 0 Å². The number of nitrogens with one attached hydrogen (secondary N) is 2. The lowest BCUT2D eigenvalue weighted by molar-refractivity contribution is 0.180. The molecule has 2 N–H and O–H groups in total. The highest BCUT2D eigenvalue weighted by Crippen LogP contribution is 2.30. The molecule has 2 aromatic heterocycles. The van der Waals surface area contributed by atoms with Gasteiger partial charge in [-0.05, 0) is 43.3 Å². The number of fused-ring (bicyclic) bond motifs is 1. The monoisotopic (exact) mass is 456 g/mol. The molecule has 0 fully saturated rings. The van der Waals surface area contributed by atoms with Crippen molar-refractivity contribution in [2.75, 3.05) is 5.32 Å². The van der Waals surface area contributed by atoms with Crippen LogP contribution in [0.1, 0.15) is 24.6 Å². The lowest BCUT2D eigenvalue weighted by Crippen LogP contribution is -2.38. The Hall–Kier alpha value is -3.29. The third-order valence-corrected chi connectivity index (χ3v) is 5.67. The summed E-state index contributed by atoms with van der Waals surface area (Å²) < 4.78 is 5.43. The first-order chi connectivity index (χ1) is 14.9. The van der Waals surface area contributed by atoms with Crippen LogP contribution in [0.3, 0.4) is 0 Å². The van der Waals surface area contributed by atoms with Gasteiger partial charge in [-0.3, -0.25) is 4.79 Å². The van der Waals surface area contributed by atoms with Crippen LogP contribution in [-0.2, 0) is 6.54 Å². The molecule has 2 aromatic carbocycles. The average Bonchev–Trinajstić information content (AvgIpc) is 3.28. The van der Waals surface area contributed by atoms with Gasteiger partial charge in [0.1, 0.15) is 11.6 Å². The van der Waals surface area contributed by atoms with E-state index in [1.165, 1.54) is 11.2 Å². The number of carbonyl (C=O) groups is 1. The smallest absolute Gasteiger partial charge is 0.322 e. The number of furan rings is 1. The Balaban J connectivity index is 1.69. The molecule has 2 amide bonds. The van der Waals surface area contributed by atoms with Gasteiger partial charge in [0.2, 0.25) is 0 Å². The molecule has 31 heavy (non-hydrogen) atoms. The zero-order valence-electron chi connectivity index (χ0n) is 16.4. The molecule has 0 radical (unpaired) electrons. The number of urea groups is 1. The van der Waals surface area contributed by atoms with Crippen LogP contribution in [0.15, 0.2) is 70.1 Å². The Bertz CT molecular complexity index is 1290. The molecule has 0 aliphatic carbocycles. The molecule has 0 aliphatic rings. The van der Waals surface area contributed by atoms with Crippen LogP contribution >= 0.6 is 23.2 Å². The third-order valence-electron chi connectivity index (χ3n) is 4.85. The minimum Gasteiger partial charge on any atom is -0.467 e. The first-order valence-corrected chi connectivity index (χ1v) is 10.2. The number of hydrogen-bond acceptors (Lipinski definition) is 4. The fourth-order valence-electron chi connectivity index (χ4n) is 3.19. The number of anilines is 1. The van der Waals surface area contributed by atoms with Crippen LogP contribution in [0.2, 0.25) is 10.0 Å². The number of carbonyl (C=O) groups excluding carboxylic acids is 1. The highest BCUT2D eigenvalue weighted by atomic mass is 35.5. The van der Waals surface area contributed by atoms with E-state index in [2.05, 4.69) is 15.3 Å². The first kappa shape index (κ1) is 21.0. The fraction of sp³-hybridized carbons (Fsp3) is 0.136. The number of amides is 2. The second-order valence-corrected chi connectivity index (χ2v) is 7.67. The van der Waals surface area contributed by atoms with Crippen LogP contribution in [0.5, 0.6) is 0 Å². The van der Waals surface area contributed by atoms with Gasteiger partial charge in [-0.2, -0.15) is 0 Å². The van der Waals surface area contributed by atoms with Crippen molar-refractivity contribution >= 4 is 45.8 Å². The third kappa shape index (κ3) is 4.42. The van der Waals surface area contributed by atoms with E-state index in [1.807, 2.05) is 0 Å². The van der Waals surface area contributed by atoms with Crippen molar-refractivity contribution in [3.63, 3.8) is 0 Å². The Morgan fingerprint density at radius 2 is 1.97 bits per heavy atom. The summed E-state index contributed by atoms with van der Waals surface area (Å²) in [6.45, 7) is 1.92. The zero-order chi connectivity index (χ0) is 22.0. The number of aromatic nitrogens is 2. The highest BCUT2D eigenvalue weighted by Gasteiger charge is 2.26. The minimum absolute atomic E-state index is 0.148. The van der Waals surface area contributed by atoms with E-state index in [9.17, 15) is 9.59 Å². The molecule has 0 bridgehead atoms. The van der Waals surface area contributed by atoms with Crippen molar-refractivity contribution in [3.05, 3.63) is 92.8 Å². The molecule has 158 valence electrons. The highest BCUT2D eigenvalue weighted by molar-refractivity contribution is 6.43. The van der Waals surface area contributed by atoms with Crippen LogP contribution in [0.25, 0.3) is 10.9 Å². The number of aromatic amines is 1. The normalized spacial score (nSPS) is 12.0. The van der Waals surface area contributed by atoms with Crippen molar-refractivity contribution in [2.45, 2.75) is 19.5 Å². The molecule has 0 spiro atoms. The summed E-state index contributed by atoms with van der Waals surface area (Å²) in [6.07, 6.45) is 1.53. The molecular weight excluding hydrogens is 439 g/mol. The Morgan fingerprint density at radius 1 is 1.16 bits per heavy atom. The Morgan fingerprint density at radius 3 is 2.74 bits per heavy atom. The van der Waals surface area contributed by atoms with E-state index in [0.717, 1.165) is 0 Å². The van der Waals surface area contributed by atoms with E-state index in [4.69, 9.17) is 27.6 Å². The number of benzene rings is 2. The standard InChI is InChI=1S/C22H18Cl2N4O3/c1-13(20-25-17-9-3-2-7-15(17)21(29)27-20)28(12-14-6-5-11-31-14)22(30)26-18-10-4-8-16(23)19(18)24/h2-11,13H,12H2,1H3,(H,26,30)(H,25,27,29). The molecule has 0 saturated heterocycles. The van der Waals surface area contributed by atoms with Gasteiger partial charge in [-0.15, -0.1) is 0 Å². The van der Waals surface area contributed by atoms with Crippen LogP contribution in [0, 0.1) is 0 Å². The maximum Gasteiger partial charge on any atom is 0.322 e. The topological polar surface area (TPSA) is 91.2 Å². The number of nitrogens with zero attached hydrogens (tertiary/aromatic N) is 2. The number of H-pyrrole nitrogens is 1. The lowest BCUT2D eigenvalue weighted by atomic mass is 10.2. The van der Waals surface area contributed by atoms with Crippen LogP contribution in [-0.4, -0.2) is 20.9 Å². The number of para-hydroxylation sites is 1. The average molecular weight is 457 g/mol. The van der Waals surface area contributed by atoms with Gasteiger partial charge in [0.05, 0.1) is 45.5 Å². The van der Waals surface area contributed by atoms with Crippen molar-refractivity contribution in [1.82, 2.24) is 14.9 Å². The molecule has 0 saturated carbocycles. The first-order valence-electron chi connectivity index (χ1n) is 9.47. The molecule has 2 heterocycles. The molecule has 0 aliphatic heterocycles. The number of rotatable bonds is 5. The molecule has 9 heteroatoms. The molecule has 7 nitrogen and oxygen atoms in total. The zero-order valence-corrected chi connectivity index (χ0v) is 17.9. The summed E-state index contributed by atoms with van der Waals surface area (Å²) in [5.74, 6) is 0.921. The van der Waals surface area contributed by atoms with Crippen LogP contribution < -0.4 is 10.9 Å². The van der Waals surface area contributed by atoms with Crippen molar-refractivity contribution in [1.29, 1.82) is 0 Å². The van der Waals surface area contributed by atoms with Gasteiger partial charge >= 0.3 is 6.03 Å².